The van der Waals surface area contributed by atoms with Crippen LogP contribution < -0.4 is 0 Å². The molecule has 14 heavy (non-hydrogen) atoms. The topological polar surface area (TPSA) is 71.1 Å². The van der Waals surface area contributed by atoms with Crippen molar-refractivity contribution in [2.75, 3.05) is 28.4 Å². The number of carbonyl (C=O) groups excluding carboxylic acids is 1. The third kappa shape index (κ3) is 8.19. The largest absolute Gasteiger partial charge is 0.473 e. The molecule has 0 rings (SSSR count). The van der Waals surface area contributed by atoms with E-state index in [4.69, 9.17) is 0 Å². The lowest BCUT2D eigenvalue weighted by molar-refractivity contribution is -0.140. The first-order valence-electron chi connectivity index (χ1n) is 3.83. The molecular formula is C7H17O6P. The molecule has 0 heterocycles. The molecule has 0 spiro atoms. The van der Waals surface area contributed by atoms with Gasteiger partial charge in [0.2, 0.25) is 0 Å². The fourth-order valence-electron chi connectivity index (χ4n) is 0.368. The fourth-order valence-corrected chi connectivity index (χ4v) is 0.815. The second-order valence-corrected chi connectivity index (χ2v) is 3.91. The molecule has 0 radical (unpaired) electrons. The third-order valence-electron chi connectivity index (χ3n) is 1.19. The number of carbonyl (C=O) groups is 1. The van der Waals surface area contributed by atoms with E-state index in [1.165, 1.54) is 28.4 Å². The molecule has 0 aromatic heterocycles. The van der Waals surface area contributed by atoms with Gasteiger partial charge in [-0.25, -0.2) is 4.57 Å². The van der Waals surface area contributed by atoms with Crippen LogP contribution in [0.15, 0.2) is 0 Å². The van der Waals surface area contributed by atoms with E-state index in [2.05, 4.69) is 18.3 Å². The molecule has 7 heteroatoms. The molecule has 0 aliphatic carbocycles. The van der Waals surface area contributed by atoms with Crippen LogP contribution in [0.1, 0.15) is 13.3 Å². The van der Waals surface area contributed by atoms with Gasteiger partial charge >= 0.3 is 13.8 Å². The van der Waals surface area contributed by atoms with E-state index in [9.17, 15) is 9.36 Å². The van der Waals surface area contributed by atoms with E-state index >= 15 is 0 Å². The summed E-state index contributed by atoms with van der Waals surface area (Å²) >= 11 is 0. The molecule has 0 N–H and O–H groups in total. The van der Waals surface area contributed by atoms with Gasteiger partial charge in [0, 0.05) is 27.8 Å². The lowest BCUT2D eigenvalue weighted by Crippen LogP contribution is -1.94. The van der Waals surface area contributed by atoms with Gasteiger partial charge in [0.05, 0.1) is 7.11 Å². The second-order valence-electron chi connectivity index (χ2n) is 1.92. The van der Waals surface area contributed by atoms with Crippen molar-refractivity contribution in [1.82, 2.24) is 0 Å². The third-order valence-corrected chi connectivity index (χ3v) is 2.53. The van der Waals surface area contributed by atoms with Crippen molar-refractivity contribution in [3.05, 3.63) is 0 Å². The number of phosphoric acid groups is 1. The van der Waals surface area contributed by atoms with E-state index < -0.39 is 7.82 Å². The van der Waals surface area contributed by atoms with Crippen LogP contribution in [-0.2, 0) is 27.7 Å². The summed E-state index contributed by atoms with van der Waals surface area (Å²) in [6, 6.07) is 0. The summed E-state index contributed by atoms with van der Waals surface area (Å²) in [5.41, 5.74) is 0. The van der Waals surface area contributed by atoms with Crippen LogP contribution in [0.25, 0.3) is 0 Å². The summed E-state index contributed by atoms with van der Waals surface area (Å²) in [6.07, 6.45) is 0.469. The van der Waals surface area contributed by atoms with Crippen LogP contribution in [-0.4, -0.2) is 34.4 Å². The maximum atomic E-state index is 10.7. The van der Waals surface area contributed by atoms with Gasteiger partial charge in [0.15, 0.2) is 0 Å². The van der Waals surface area contributed by atoms with Crippen LogP contribution >= 0.6 is 7.82 Å². The van der Waals surface area contributed by atoms with Gasteiger partial charge in [-0.05, 0) is 0 Å². The van der Waals surface area contributed by atoms with Crippen molar-refractivity contribution in [1.29, 1.82) is 0 Å². The first-order valence-corrected chi connectivity index (χ1v) is 5.29. The lowest BCUT2D eigenvalue weighted by atomic mass is 10.5. The molecule has 0 amide bonds. The highest BCUT2D eigenvalue weighted by molar-refractivity contribution is 7.48. The summed E-state index contributed by atoms with van der Waals surface area (Å²) in [4.78, 5) is 9.96. The number of ether oxygens (including phenoxy) is 1. The summed E-state index contributed by atoms with van der Waals surface area (Å²) < 4.78 is 28.0. The molecule has 6 nitrogen and oxygen atoms in total. The lowest BCUT2D eigenvalue weighted by Gasteiger charge is -2.08. The minimum atomic E-state index is -3.16. The van der Waals surface area contributed by atoms with E-state index in [1.807, 2.05) is 0 Å². The minimum absolute atomic E-state index is 0.157. The van der Waals surface area contributed by atoms with Gasteiger partial charge in [0.25, 0.3) is 0 Å². The maximum absolute atomic E-state index is 10.7. The molecule has 0 aromatic rings. The molecule has 0 aliphatic rings. The van der Waals surface area contributed by atoms with Crippen molar-refractivity contribution in [2.45, 2.75) is 13.3 Å². The normalized spacial score (nSPS) is 10.1. The fraction of sp³-hybridized carbons (Fsp3) is 0.857. The predicted octanol–water partition coefficient (Wildman–Crippen LogP) is 1.60. The Morgan fingerprint density at radius 1 is 1.07 bits per heavy atom. The van der Waals surface area contributed by atoms with Gasteiger partial charge in [-0.3, -0.25) is 18.4 Å². The Morgan fingerprint density at radius 2 is 1.43 bits per heavy atom. The SMILES string of the molecule is CCC(=O)OC.COP(=O)(OC)OC. The van der Waals surface area contributed by atoms with E-state index in [1.54, 1.807) is 6.92 Å². The van der Waals surface area contributed by atoms with Crippen molar-refractivity contribution in [3.63, 3.8) is 0 Å². The predicted molar refractivity (Wildman–Crippen MR) is 50.9 cm³/mol. The Bertz CT molecular complexity index is 168. The average Bonchev–Trinajstić information content (AvgIpc) is 2.27. The minimum Gasteiger partial charge on any atom is -0.469 e. The van der Waals surface area contributed by atoms with Crippen LogP contribution in [0.2, 0.25) is 0 Å². The Morgan fingerprint density at radius 3 is 1.43 bits per heavy atom. The first-order chi connectivity index (χ1) is 6.49. The van der Waals surface area contributed by atoms with Crippen molar-refractivity contribution >= 4 is 13.8 Å². The van der Waals surface area contributed by atoms with Gasteiger partial charge < -0.3 is 4.74 Å². The number of hydrogen-bond donors (Lipinski definition) is 0. The summed E-state index contributed by atoms with van der Waals surface area (Å²) in [7, 11) is 1.99. The monoisotopic (exact) mass is 228 g/mol. The number of phosphoric ester groups is 1. The zero-order valence-corrected chi connectivity index (χ0v) is 10.00. The van der Waals surface area contributed by atoms with E-state index in [0.29, 0.717) is 6.42 Å². The van der Waals surface area contributed by atoms with E-state index in [0.717, 1.165) is 0 Å². The number of esters is 1. The Hall–Kier alpha value is -0.420. The standard InChI is InChI=1S/C4H8O2.C3H9O4P/c1-3-4(5)6-2;1-5-8(4,6-2)7-3/h3H2,1-2H3;1-3H3. The molecule has 0 unspecified atom stereocenters. The molecule has 0 atom stereocenters. The van der Waals surface area contributed by atoms with Gasteiger partial charge in [0.1, 0.15) is 0 Å². The Labute approximate surface area is 84.1 Å². The van der Waals surface area contributed by atoms with Gasteiger partial charge in [-0.1, -0.05) is 6.92 Å². The molecule has 0 fully saturated rings. The second kappa shape index (κ2) is 9.15. The smallest absolute Gasteiger partial charge is 0.469 e. The highest BCUT2D eigenvalue weighted by atomic mass is 31.2. The van der Waals surface area contributed by atoms with Gasteiger partial charge in [-0.2, -0.15) is 0 Å². The number of methoxy groups -OCH3 is 1. The molecule has 0 bridgehead atoms. The Kier molecular flexibility index (Phi) is 10.5. The zero-order chi connectivity index (χ0) is 11.6. The molecular weight excluding hydrogens is 211 g/mol. The first kappa shape index (κ1) is 16.0. The van der Waals surface area contributed by atoms with Crippen LogP contribution in [0.3, 0.4) is 0 Å². The van der Waals surface area contributed by atoms with Crippen molar-refractivity contribution in [2.24, 2.45) is 0 Å². The van der Waals surface area contributed by atoms with Crippen LogP contribution in [0, 0.1) is 0 Å². The molecule has 0 aromatic carbocycles. The number of hydrogen-bond acceptors (Lipinski definition) is 6. The average molecular weight is 228 g/mol. The van der Waals surface area contributed by atoms with Crippen LogP contribution in [0.5, 0.6) is 0 Å². The summed E-state index contributed by atoms with van der Waals surface area (Å²) in [6.45, 7) is 1.76. The van der Waals surface area contributed by atoms with Crippen LogP contribution in [0.4, 0.5) is 0 Å². The molecule has 0 saturated heterocycles. The highest BCUT2D eigenvalue weighted by Crippen LogP contribution is 2.46. The Balaban J connectivity index is 0. The van der Waals surface area contributed by atoms with Crippen molar-refractivity contribution < 1.29 is 27.7 Å². The molecule has 0 aliphatic heterocycles. The number of rotatable bonds is 4. The summed E-state index contributed by atoms with van der Waals surface area (Å²) in [5, 5.41) is 0. The highest BCUT2D eigenvalue weighted by Gasteiger charge is 2.18. The van der Waals surface area contributed by atoms with Crippen molar-refractivity contribution in [3.8, 4) is 0 Å². The molecule has 86 valence electrons. The van der Waals surface area contributed by atoms with E-state index in [-0.39, 0.29) is 5.97 Å². The van der Waals surface area contributed by atoms with Gasteiger partial charge in [-0.15, -0.1) is 0 Å². The molecule has 0 saturated carbocycles. The zero-order valence-electron chi connectivity index (χ0n) is 9.10. The summed E-state index contributed by atoms with van der Waals surface area (Å²) in [5.74, 6) is -0.157. The quantitative estimate of drug-likeness (QED) is 0.537. The maximum Gasteiger partial charge on any atom is 0.473 e.